The first-order chi connectivity index (χ1) is 51.4. The summed E-state index contributed by atoms with van der Waals surface area (Å²) in [7, 11) is 0. The number of carbonyl (C=O) groups is 2. The van der Waals surface area contributed by atoms with Crippen LogP contribution in [0.5, 0.6) is 0 Å². The van der Waals surface area contributed by atoms with E-state index < -0.39 is 0 Å². The summed E-state index contributed by atoms with van der Waals surface area (Å²) in [5.41, 5.74) is 33.6. The lowest BCUT2D eigenvalue weighted by Gasteiger charge is -2.30. The van der Waals surface area contributed by atoms with Gasteiger partial charge in [0.1, 0.15) is 22.1 Å². The second kappa shape index (κ2) is 31.4. The second-order valence-electron chi connectivity index (χ2n) is 24.9. The Hall–Kier alpha value is -12.0. The number of nitrogens with one attached hydrogen (secondary N) is 1. The summed E-state index contributed by atoms with van der Waals surface area (Å²) >= 11 is 13.7. The number of fused-ring (bicyclic) bond motifs is 8. The maximum atomic E-state index is 11.5. The summed E-state index contributed by atoms with van der Waals surface area (Å²) in [4.78, 5) is 48.6. The van der Waals surface area contributed by atoms with Crippen molar-refractivity contribution in [3.63, 3.8) is 0 Å². The highest BCUT2D eigenvalue weighted by Crippen LogP contribution is 2.51. The van der Waals surface area contributed by atoms with Gasteiger partial charge in [-0.05, 0) is 189 Å². The number of nitrogens with two attached hydrogens (primary N) is 2. The number of nitrogen functional groups attached to an aromatic ring is 2. The number of para-hydroxylation sites is 6. The van der Waals surface area contributed by atoms with E-state index in [4.69, 9.17) is 31.4 Å². The van der Waals surface area contributed by atoms with E-state index in [9.17, 15) is 9.59 Å². The first-order valence-corrected chi connectivity index (χ1v) is 37.0. The summed E-state index contributed by atoms with van der Waals surface area (Å²) < 4.78 is 3.58. The zero-order chi connectivity index (χ0) is 71.7. The SMILES string of the molecule is Brc1ccc(Br)c2nc3c(nc12)-c1cccc2cccc-3c12.C.C.Nc1c(Br)ccc(Br)c1N.O=C1C(=O)c2cccc3cccc1c23.c1ccc(N(c2ccccc2)c2ccc(N(c3ccccc3)c3ccccc3)c3nc4c(nc23)-c2cccc3cccc-4c23)cc1.c1ccc(Nc2ccccc2)cc1. The highest BCUT2D eigenvalue weighted by atomic mass is 79.9. The largest absolute Gasteiger partial charge is 0.396 e. The number of hydrogen-bond donors (Lipinski definition) is 3. The maximum absolute atomic E-state index is 11.5. The van der Waals surface area contributed by atoms with Crippen LogP contribution in [-0.2, 0) is 0 Å². The van der Waals surface area contributed by atoms with E-state index in [1.54, 1.807) is 24.3 Å². The van der Waals surface area contributed by atoms with E-state index in [0.29, 0.717) is 22.5 Å². The van der Waals surface area contributed by atoms with Crippen LogP contribution in [0, 0.1) is 0 Å². The van der Waals surface area contributed by atoms with Crippen molar-refractivity contribution in [2.45, 2.75) is 14.9 Å². The highest BCUT2D eigenvalue weighted by Gasteiger charge is 2.32. The molecule has 0 atom stereocenters. The molecule has 0 unspecified atom stereocenters. The molecule has 520 valence electrons. The summed E-state index contributed by atoms with van der Waals surface area (Å²) in [6, 6.07) is 111. The fourth-order valence-corrected chi connectivity index (χ4v) is 15.2. The lowest BCUT2D eigenvalue weighted by atomic mass is 10.0. The number of aromatic nitrogens is 4. The second-order valence-corrected chi connectivity index (χ2v) is 28.3. The number of benzene rings is 15. The van der Waals surface area contributed by atoms with Crippen molar-refractivity contribution in [1.82, 2.24) is 19.9 Å². The van der Waals surface area contributed by atoms with Crippen LogP contribution in [0.1, 0.15) is 35.6 Å². The Labute approximate surface area is 653 Å². The zero-order valence-corrected chi connectivity index (χ0v) is 62.2. The van der Waals surface area contributed by atoms with Gasteiger partial charge in [-0.25, -0.2) is 19.9 Å². The predicted molar refractivity (Wildman–Crippen MR) is 461 cm³/mol. The van der Waals surface area contributed by atoms with Gasteiger partial charge in [-0.2, -0.15) is 0 Å². The Morgan fingerprint density at radius 2 is 0.505 bits per heavy atom. The molecule has 0 aliphatic heterocycles. The van der Waals surface area contributed by atoms with Crippen LogP contribution in [0.25, 0.3) is 99.4 Å². The smallest absolute Gasteiger partial charge is 0.234 e. The highest BCUT2D eigenvalue weighted by molar-refractivity contribution is 9.11. The van der Waals surface area contributed by atoms with Crippen molar-refractivity contribution >= 4 is 187 Å². The third-order valence-corrected chi connectivity index (χ3v) is 21.2. The van der Waals surface area contributed by atoms with Crippen molar-refractivity contribution in [2.75, 3.05) is 26.6 Å². The van der Waals surface area contributed by atoms with Gasteiger partial charge in [-0.3, -0.25) is 9.59 Å². The molecule has 0 saturated heterocycles. The average molecular weight is 1650 g/mol. The van der Waals surface area contributed by atoms with Gasteiger partial charge in [0.2, 0.25) is 11.6 Å². The van der Waals surface area contributed by atoms with E-state index in [1.807, 2.05) is 97.1 Å². The Morgan fingerprint density at radius 1 is 0.262 bits per heavy atom. The fraction of sp³-hybridized carbons (Fsp3) is 0.0217. The van der Waals surface area contributed by atoms with Crippen molar-refractivity contribution in [3.05, 3.63) is 357 Å². The molecule has 2 heterocycles. The molecule has 20 rings (SSSR count). The monoisotopic (exact) mass is 1650 g/mol. The van der Waals surface area contributed by atoms with Gasteiger partial charge in [-0.15, -0.1) is 0 Å². The number of rotatable bonds is 8. The van der Waals surface area contributed by atoms with Crippen LogP contribution in [0.4, 0.5) is 56.9 Å². The van der Waals surface area contributed by atoms with Crippen molar-refractivity contribution in [1.29, 1.82) is 0 Å². The molecule has 0 spiro atoms. The number of anilines is 10. The molecule has 0 radical (unpaired) electrons. The topological polar surface area (TPSA) is 156 Å². The number of ketones is 2. The molecular weight excluding hydrogens is 1580 g/mol. The summed E-state index contributed by atoms with van der Waals surface area (Å²) in [6.45, 7) is 0. The third kappa shape index (κ3) is 13.9. The molecule has 15 aromatic carbocycles. The molecular formula is C92H67Br4N9O2. The summed E-state index contributed by atoms with van der Waals surface area (Å²) in [5, 5.41) is 9.97. The van der Waals surface area contributed by atoms with Gasteiger partial charge >= 0.3 is 0 Å². The van der Waals surface area contributed by atoms with Gasteiger partial charge < -0.3 is 26.6 Å². The number of Topliss-reactive ketones (excluding diaryl/α,β-unsaturated/α-hetero) is 2. The van der Waals surface area contributed by atoms with E-state index in [1.165, 1.54) is 32.7 Å². The zero-order valence-electron chi connectivity index (χ0n) is 55.8. The number of halogens is 4. The Balaban J connectivity index is 0.000000129. The quantitative estimate of drug-likeness (QED) is 0.0983. The standard InChI is InChI=1S/C42H28N4.C18H8Br2N2.C12H11N.C12H6O2.C6H6Br2N2.2CH4/c1-5-17-30(18-6-1)45(31-19-7-2-8-20-31)36-27-28-37(46(32-21-9-3-10-22-32)33-23-11-4-12-24-33)42-41(36)43-39-34-25-13-15-29-16-14-26-35(38(29)34)40(39)44-42;19-12-7-8-13(20)18-17(12)21-15-10-5-1-3-9-4-2-6-11(14(9)10)16(15)22-18;1-3-7-11(8-4-1)13-12-9-5-2-6-10-12;13-11-8-5-1-3-7-4-2-6-9(10(7)8)12(11)14;7-3-1-2-4(8)6(10)5(3)9;;/h1-28H;1-8H;1-10,13H;1-6H;1-2H,9-10H2;2*1H4. The Bertz CT molecular complexity index is 5760. The number of hydrogen-bond acceptors (Lipinski definition) is 11. The average Bonchev–Trinajstić information content (AvgIpc) is 1.60. The molecule has 3 aliphatic rings. The molecule has 5 N–H and O–H groups in total. The minimum Gasteiger partial charge on any atom is -0.396 e. The Morgan fingerprint density at radius 3 is 0.794 bits per heavy atom. The lowest BCUT2D eigenvalue weighted by molar-refractivity contribution is 0.0825. The van der Waals surface area contributed by atoms with Gasteiger partial charge in [0.25, 0.3) is 0 Å². The van der Waals surface area contributed by atoms with Crippen LogP contribution < -0.4 is 26.6 Å². The maximum Gasteiger partial charge on any atom is 0.234 e. The normalized spacial score (nSPS) is 11.3. The molecule has 0 bridgehead atoms. The molecule has 0 amide bonds. The van der Waals surface area contributed by atoms with E-state index in [2.05, 4.69) is 285 Å². The van der Waals surface area contributed by atoms with Gasteiger partial charge in [0.15, 0.2) is 0 Å². The van der Waals surface area contributed by atoms with Gasteiger partial charge in [0, 0.05) is 102 Å². The van der Waals surface area contributed by atoms with Gasteiger partial charge in [0.05, 0.1) is 45.5 Å². The van der Waals surface area contributed by atoms with E-state index >= 15 is 0 Å². The molecule has 17 aromatic rings. The first kappa shape index (κ1) is 72.0. The van der Waals surface area contributed by atoms with Crippen LogP contribution >= 0.6 is 63.7 Å². The third-order valence-electron chi connectivity index (χ3n) is 18.5. The van der Waals surface area contributed by atoms with Crippen LogP contribution in [0.15, 0.2) is 345 Å². The van der Waals surface area contributed by atoms with E-state index in [0.717, 1.165) is 130 Å². The lowest BCUT2D eigenvalue weighted by Crippen LogP contribution is -2.14. The van der Waals surface area contributed by atoms with Crippen LogP contribution in [0.3, 0.4) is 0 Å². The minimum atomic E-state index is -0.378. The molecule has 3 aliphatic carbocycles. The van der Waals surface area contributed by atoms with Crippen LogP contribution in [0.2, 0.25) is 0 Å². The summed E-state index contributed by atoms with van der Waals surface area (Å²) in [6.07, 6.45) is 0. The van der Waals surface area contributed by atoms with Crippen molar-refractivity contribution in [2.24, 2.45) is 0 Å². The molecule has 0 fully saturated rings. The number of carbonyl (C=O) groups excluding carboxylic acids is 2. The van der Waals surface area contributed by atoms with Crippen molar-refractivity contribution in [3.8, 4) is 45.0 Å². The fourth-order valence-electron chi connectivity index (χ4n) is 13.7. The first-order valence-electron chi connectivity index (χ1n) is 33.8. The molecule has 0 saturated carbocycles. The van der Waals surface area contributed by atoms with Gasteiger partial charge in [-0.1, -0.05) is 233 Å². The van der Waals surface area contributed by atoms with Crippen LogP contribution in [-0.4, -0.2) is 31.5 Å². The summed E-state index contributed by atoms with van der Waals surface area (Å²) in [5.74, 6) is -0.756. The molecule has 15 heteroatoms. The molecule has 11 nitrogen and oxygen atoms in total. The predicted octanol–water partition coefficient (Wildman–Crippen LogP) is 26.6. The minimum absolute atomic E-state index is 0. The Kier molecular flexibility index (Phi) is 21.1. The molecule has 2 aromatic heterocycles. The molecule has 107 heavy (non-hydrogen) atoms. The van der Waals surface area contributed by atoms with Crippen molar-refractivity contribution < 1.29 is 9.59 Å². The number of nitrogens with zero attached hydrogens (tertiary/aromatic N) is 6. The van der Waals surface area contributed by atoms with E-state index in [-0.39, 0.29) is 26.4 Å².